The Balaban J connectivity index is 1.61. The van der Waals surface area contributed by atoms with Gasteiger partial charge < -0.3 is 14.0 Å². The third kappa shape index (κ3) is 4.51. The van der Waals surface area contributed by atoms with Gasteiger partial charge in [-0.3, -0.25) is 0 Å². The number of hydrogen-bond acceptors (Lipinski definition) is 5. The second-order valence-corrected chi connectivity index (χ2v) is 7.15. The standard InChI is InChI=1S/C19H20ClN3O2S/c1-13-9-16(7-8-17(13)20)25-11-18-21-22-19(23(18)2)26-12-14-5-4-6-15(10-14)24-3/h4-10H,11-12H2,1-3H3. The van der Waals surface area contributed by atoms with Crippen molar-refractivity contribution in [1.82, 2.24) is 14.8 Å². The minimum atomic E-state index is 0.351. The first-order valence-corrected chi connectivity index (χ1v) is 9.46. The van der Waals surface area contributed by atoms with Crippen LogP contribution in [0.2, 0.25) is 5.02 Å². The Morgan fingerprint density at radius 1 is 1.12 bits per heavy atom. The lowest BCUT2D eigenvalue weighted by atomic mass is 10.2. The summed E-state index contributed by atoms with van der Waals surface area (Å²) in [5.74, 6) is 3.18. The van der Waals surface area contributed by atoms with Gasteiger partial charge in [0, 0.05) is 17.8 Å². The topological polar surface area (TPSA) is 49.2 Å². The van der Waals surface area contributed by atoms with Crippen molar-refractivity contribution in [1.29, 1.82) is 0 Å². The fraction of sp³-hybridized carbons (Fsp3) is 0.263. The molecule has 0 aliphatic heterocycles. The van der Waals surface area contributed by atoms with Gasteiger partial charge in [0.15, 0.2) is 11.0 Å². The summed E-state index contributed by atoms with van der Waals surface area (Å²) in [4.78, 5) is 0. The van der Waals surface area contributed by atoms with Crippen molar-refractivity contribution in [2.45, 2.75) is 24.4 Å². The molecule has 1 aromatic heterocycles. The molecule has 5 nitrogen and oxygen atoms in total. The Labute approximate surface area is 162 Å². The van der Waals surface area contributed by atoms with Gasteiger partial charge in [-0.15, -0.1) is 10.2 Å². The number of aromatic nitrogens is 3. The lowest BCUT2D eigenvalue weighted by molar-refractivity contribution is 0.290. The summed E-state index contributed by atoms with van der Waals surface area (Å²) >= 11 is 7.67. The molecule has 0 N–H and O–H groups in total. The lowest BCUT2D eigenvalue weighted by Gasteiger charge is -2.08. The van der Waals surface area contributed by atoms with Crippen molar-refractivity contribution in [2.75, 3.05) is 7.11 Å². The van der Waals surface area contributed by atoms with Gasteiger partial charge in [0.25, 0.3) is 0 Å². The van der Waals surface area contributed by atoms with Gasteiger partial charge in [-0.2, -0.15) is 0 Å². The SMILES string of the molecule is COc1cccc(CSc2nnc(COc3ccc(Cl)c(C)c3)n2C)c1. The molecule has 7 heteroatoms. The molecule has 26 heavy (non-hydrogen) atoms. The van der Waals surface area contributed by atoms with Crippen LogP contribution in [0.15, 0.2) is 47.6 Å². The van der Waals surface area contributed by atoms with Crippen LogP contribution >= 0.6 is 23.4 Å². The molecular weight excluding hydrogens is 370 g/mol. The molecule has 0 atom stereocenters. The number of aryl methyl sites for hydroxylation is 1. The molecule has 0 aliphatic carbocycles. The second-order valence-electron chi connectivity index (χ2n) is 5.80. The Kier molecular flexibility index (Phi) is 6.06. The highest BCUT2D eigenvalue weighted by molar-refractivity contribution is 7.98. The first-order chi connectivity index (χ1) is 12.6. The summed E-state index contributed by atoms with van der Waals surface area (Å²) in [6, 6.07) is 13.6. The predicted octanol–water partition coefficient (Wildman–Crippen LogP) is 4.66. The normalized spacial score (nSPS) is 10.8. The van der Waals surface area contributed by atoms with Crippen molar-refractivity contribution in [3.05, 3.63) is 64.4 Å². The highest BCUT2D eigenvalue weighted by Gasteiger charge is 2.11. The van der Waals surface area contributed by atoms with Gasteiger partial charge in [0.05, 0.1) is 7.11 Å². The van der Waals surface area contributed by atoms with Crippen LogP contribution in [0.4, 0.5) is 0 Å². The van der Waals surface area contributed by atoms with E-state index in [4.69, 9.17) is 21.1 Å². The van der Waals surface area contributed by atoms with E-state index in [-0.39, 0.29) is 0 Å². The molecular formula is C19H20ClN3O2S. The van der Waals surface area contributed by atoms with E-state index in [1.165, 1.54) is 5.56 Å². The van der Waals surface area contributed by atoms with Crippen molar-refractivity contribution in [2.24, 2.45) is 7.05 Å². The maximum atomic E-state index is 6.04. The number of nitrogens with zero attached hydrogens (tertiary/aromatic N) is 3. The van der Waals surface area contributed by atoms with E-state index in [1.54, 1.807) is 18.9 Å². The van der Waals surface area contributed by atoms with E-state index >= 15 is 0 Å². The van der Waals surface area contributed by atoms with E-state index < -0.39 is 0 Å². The van der Waals surface area contributed by atoms with Crippen molar-refractivity contribution in [3.8, 4) is 11.5 Å². The largest absolute Gasteiger partial charge is 0.497 e. The van der Waals surface area contributed by atoms with Crippen LogP contribution in [0, 0.1) is 6.92 Å². The van der Waals surface area contributed by atoms with E-state index in [9.17, 15) is 0 Å². The molecule has 0 aliphatic rings. The van der Waals surface area contributed by atoms with Crippen LogP contribution in [0.3, 0.4) is 0 Å². The summed E-state index contributed by atoms with van der Waals surface area (Å²) in [6.07, 6.45) is 0. The fourth-order valence-electron chi connectivity index (χ4n) is 2.36. The maximum absolute atomic E-state index is 6.04. The molecule has 0 radical (unpaired) electrons. The predicted molar refractivity (Wildman–Crippen MR) is 104 cm³/mol. The van der Waals surface area contributed by atoms with Crippen molar-refractivity contribution < 1.29 is 9.47 Å². The van der Waals surface area contributed by atoms with E-state index in [1.807, 2.05) is 54.9 Å². The van der Waals surface area contributed by atoms with Gasteiger partial charge in [0.2, 0.25) is 0 Å². The molecule has 1 heterocycles. The average Bonchev–Trinajstić information content (AvgIpc) is 3.01. The van der Waals surface area contributed by atoms with Crippen LogP contribution in [-0.4, -0.2) is 21.9 Å². The third-order valence-corrected chi connectivity index (χ3v) is 5.44. The maximum Gasteiger partial charge on any atom is 0.191 e. The Bertz CT molecular complexity index is 898. The third-order valence-electron chi connectivity index (χ3n) is 3.92. The zero-order chi connectivity index (χ0) is 18.5. The smallest absolute Gasteiger partial charge is 0.191 e. The van der Waals surface area contributed by atoms with Gasteiger partial charge in [0.1, 0.15) is 18.1 Å². The first kappa shape index (κ1) is 18.6. The first-order valence-electron chi connectivity index (χ1n) is 8.10. The number of methoxy groups -OCH3 is 1. The molecule has 0 amide bonds. The van der Waals surface area contributed by atoms with Crippen LogP contribution in [0.5, 0.6) is 11.5 Å². The highest BCUT2D eigenvalue weighted by Crippen LogP contribution is 2.24. The average molecular weight is 390 g/mol. The lowest BCUT2D eigenvalue weighted by Crippen LogP contribution is -2.04. The van der Waals surface area contributed by atoms with Crippen molar-refractivity contribution in [3.63, 3.8) is 0 Å². The molecule has 0 fully saturated rings. The molecule has 0 bridgehead atoms. The summed E-state index contributed by atoms with van der Waals surface area (Å²) in [5, 5.41) is 10.1. The number of ether oxygens (including phenoxy) is 2. The summed E-state index contributed by atoms with van der Waals surface area (Å²) in [7, 11) is 3.61. The molecule has 0 spiro atoms. The minimum Gasteiger partial charge on any atom is -0.497 e. The molecule has 3 rings (SSSR count). The summed E-state index contributed by atoms with van der Waals surface area (Å²) in [6.45, 7) is 2.30. The molecule has 3 aromatic rings. The number of thioether (sulfide) groups is 1. The van der Waals surface area contributed by atoms with Gasteiger partial charge >= 0.3 is 0 Å². The summed E-state index contributed by atoms with van der Waals surface area (Å²) < 4.78 is 13.0. The van der Waals surface area contributed by atoms with E-state index in [0.717, 1.165) is 38.8 Å². The minimum absolute atomic E-state index is 0.351. The van der Waals surface area contributed by atoms with Crippen LogP contribution < -0.4 is 9.47 Å². The molecule has 0 saturated heterocycles. The molecule has 0 unspecified atom stereocenters. The number of halogens is 1. The second kappa shape index (κ2) is 8.47. The molecule has 2 aromatic carbocycles. The van der Waals surface area contributed by atoms with Crippen LogP contribution in [0.1, 0.15) is 17.0 Å². The quantitative estimate of drug-likeness (QED) is 0.550. The molecule has 136 valence electrons. The van der Waals surface area contributed by atoms with Crippen LogP contribution in [0.25, 0.3) is 0 Å². The number of benzene rings is 2. The van der Waals surface area contributed by atoms with E-state index in [2.05, 4.69) is 16.3 Å². The van der Waals surface area contributed by atoms with Gasteiger partial charge in [-0.1, -0.05) is 35.5 Å². The zero-order valence-electron chi connectivity index (χ0n) is 14.9. The Morgan fingerprint density at radius 3 is 2.73 bits per heavy atom. The van der Waals surface area contributed by atoms with Gasteiger partial charge in [-0.25, -0.2) is 0 Å². The van der Waals surface area contributed by atoms with E-state index in [0.29, 0.717) is 6.61 Å². The molecule has 0 saturated carbocycles. The Morgan fingerprint density at radius 2 is 1.96 bits per heavy atom. The fourth-order valence-corrected chi connectivity index (χ4v) is 3.35. The monoisotopic (exact) mass is 389 g/mol. The van der Waals surface area contributed by atoms with Crippen LogP contribution in [-0.2, 0) is 19.4 Å². The summed E-state index contributed by atoms with van der Waals surface area (Å²) in [5.41, 5.74) is 2.16. The van der Waals surface area contributed by atoms with Crippen molar-refractivity contribution >= 4 is 23.4 Å². The Hall–Kier alpha value is -2.18. The zero-order valence-corrected chi connectivity index (χ0v) is 16.5. The number of hydrogen-bond donors (Lipinski definition) is 0. The number of rotatable bonds is 7. The van der Waals surface area contributed by atoms with Gasteiger partial charge in [-0.05, 0) is 48.4 Å². The highest BCUT2D eigenvalue weighted by atomic mass is 35.5.